The van der Waals surface area contributed by atoms with Gasteiger partial charge in [0.25, 0.3) is 0 Å². The van der Waals surface area contributed by atoms with E-state index in [2.05, 4.69) is 10.3 Å². The molecule has 0 amide bonds. The molecule has 1 heterocycles. The maximum Gasteiger partial charge on any atom is 0.169 e. The van der Waals surface area contributed by atoms with Crippen molar-refractivity contribution in [2.24, 2.45) is 0 Å². The quantitative estimate of drug-likeness (QED) is 0.912. The topological polar surface area (TPSA) is 56.7 Å². The molecule has 4 nitrogen and oxygen atoms in total. The van der Waals surface area contributed by atoms with E-state index in [-0.39, 0.29) is 18.0 Å². The van der Waals surface area contributed by atoms with Crippen LogP contribution in [0.4, 0.5) is 14.6 Å². The van der Waals surface area contributed by atoms with Crippen molar-refractivity contribution in [3.8, 4) is 0 Å². The number of halogens is 2. The van der Waals surface area contributed by atoms with E-state index in [1.165, 1.54) is 22.9 Å². The van der Waals surface area contributed by atoms with Crippen LogP contribution in [0.5, 0.6) is 0 Å². The largest absolute Gasteiger partial charge is 0.381 e. The van der Waals surface area contributed by atoms with E-state index < -0.39 is 11.6 Å². The van der Waals surface area contributed by atoms with Crippen LogP contribution in [-0.4, -0.2) is 15.0 Å². The van der Waals surface area contributed by atoms with Crippen LogP contribution < -0.4 is 5.73 Å². The molecule has 1 aromatic carbocycles. The average Bonchev–Trinajstić information content (AvgIpc) is 2.65. The molecule has 0 saturated carbocycles. The maximum absolute atomic E-state index is 13.5. The molecule has 0 spiro atoms. The number of nitrogens with zero attached hydrogens (tertiary/aromatic N) is 3. The highest BCUT2D eigenvalue weighted by Crippen LogP contribution is 2.21. The summed E-state index contributed by atoms with van der Waals surface area (Å²) in [5, 5.41) is 7.56. The summed E-state index contributed by atoms with van der Waals surface area (Å²) in [6.07, 6.45) is 0. The van der Waals surface area contributed by atoms with Crippen LogP contribution in [-0.2, 0) is 6.54 Å². The molecular formula is C12H14F2N4. The van der Waals surface area contributed by atoms with Gasteiger partial charge in [-0.25, -0.2) is 13.5 Å². The Labute approximate surface area is 103 Å². The SMILES string of the molecule is CC(C)c1c(N)nnn1Cc1c(F)cccc1F. The maximum atomic E-state index is 13.5. The van der Waals surface area contributed by atoms with Crippen molar-refractivity contribution in [1.82, 2.24) is 15.0 Å². The molecule has 2 aromatic rings. The molecule has 0 unspecified atom stereocenters. The van der Waals surface area contributed by atoms with E-state index in [0.29, 0.717) is 11.5 Å². The van der Waals surface area contributed by atoms with Gasteiger partial charge in [0.15, 0.2) is 5.82 Å². The minimum atomic E-state index is -0.598. The van der Waals surface area contributed by atoms with Gasteiger partial charge in [-0.3, -0.25) is 0 Å². The summed E-state index contributed by atoms with van der Waals surface area (Å²) in [4.78, 5) is 0. The Morgan fingerprint density at radius 1 is 1.28 bits per heavy atom. The average molecular weight is 252 g/mol. The lowest BCUT2D eigenvalue weighted by molar-refractivity contribution is 0.516. The highest BCUT2D eigenvalue weighted by molar-refractivity contribution is 5.35. The lowest BCUT2D eigenvalue weighted by Crippen LogP contribution is -2.11. The monoisotopic (exact) mass is 252 g/mol. The Bertz CT molecular complexity index is 543. The van der Waals surface area contributed by atoms with E-state index in [1.54, 1.807) is 0 Å². The predicted octanol–water partition coefficient (Wildman–Crippen LogP) is 2.31. The summed E-state index contributed by atoms with van der Waals surface area (Å²) in [7, 11) is 0. The van der Waals surface area contributed by atoms with E-state index in [0.717, 1.165) is 0 Å². The molecule has 0 aliphatic heterocycles. The van der Waals surface area contributed by atoms with E-state index in [1.807, 2.05) is 13.8 Å². The van der Waals surface area contributed by atoms with Crippen molar-refractivity contribution in [3.05, 3.63) is 41.1 Å². The molecule has 0 aliphatic rings. The Kier molecular flexibility index (Phi) is 3.27. The Hall–Kier alpha value is -1.98. The van der Waals surface area contributed by atoms with Crippen LogP contribution in [0.2, 0.25) is 0 Å². The highest BCUT2D eigenvalue weighted by Gasteiger charge is 2.17. The van der Waals surface area contributed by atoms with E-state index >= 15 is 0 Å². The van der Waals surface area contributed by atoms with E-state index in [4.69, 9.17) is 5.73 Å². The minimum Gasteiger partial charge on any atom is -0.381 e. The Balaban J connectivity index is 2.41. The molecule has 0 bridgehead atoms. The fraction of sp³-hybridized carbons (Fsp3) is 0.333. The molecule has 0 radical (unpaired) electrons. The highest BCUT2D eigenvalue weighted by atomic mass is 19.1. The summed E-state index contributed by atoms with van der Waals surface area (Å²) in [5.41, 5.74) is 6.33. The molecule has 96 valence electrons. The standard InChI is InChI=1S/C12H14F2N4/c1-7(2)11-12(15)16-17-18(11)6-8-9(13)4-3-5-10(8)14/h3-5,7H,6,15H2,1-2H3. The summed E-state index contributed by atoms with van der Waals surface area (Å²) in [6.45, 7) is 3.82. The van der Waals surface area contributed by atoms with Crippen molar-refractivity contribution in [3.63, 3.8) is 0 Å². The lowest BCUT2D eigenvalue weighted by atomic mass is 10.1. The third-order valence-electron chi connectivity index (χ3n) is 2.72. The fourth-order valence-corrected chi connectivity index (χ4v) is 1.88. The van der Waals surface area contributed by atoms with Crippen molar-refractivity contribution in [2.75, 3.05) is 5.73 Å². The first-order valence-corrected chi connectivity index (χ1v) is 5.62. The molecule has 0 aliphatic carbocycles. The zero-order valence-electron chi connectivity index (χ0n) is 10.2. The Morgan fingerprint density at radius 3 is 2.44 bits per heavy atom. The molecule has 0 atom stereocenters. The van der Waals surface area contributed by atoms with Crippen LogP contribution in [0.25, 0.3) is 0 Å². The molecule has 0 saturated heterocycles. The van der Waals surface area contributed by atoms with E-state index in [9.17, 15) is 8.78 Å². The zero-order chi connectivity index (χ0) is 13.3. The van der Waals surface area contributed by atoms with Crippen molar-refractivity contribution in [2.45, 2.75) is 26.3 Å². The number of nitrogens with two attached hydrogens (primary N) is 1. The molecule has 18 heavy (non-hydrogen) atoms. The van der Waals surface area contributed by atoms with Crippen molar-refractivity contribution >= 4 is 5.82 Å². The van der Waals surface area contributed by atoms with Gasteiger partial charge in [0, 0.05) is 5.56 Å². The van der Waals surface area contributed by atoms with Crippen LogP contribution in [0.3, 0.4) is 0 Å². The number of anilines is 1. The number of rotatable bonds is 3. The second-order valence-electron chi connectivity index (χ2n) is 4.37. The molecule has 2 N–H and O–H groups in total. The van der Waals surface area contributed by atoms with Gasteiger partial charge in [0.1, 0.15) is 11.6 Å². The van der Waals surface area contributed by atoms with Gasteiger partial charge in [-0.05, 0) is 18.1 Å². The zero-order valence-corrected chi connectivity index (χ0v) is 10.2. The lowest BCUT2D eigenvalue weighted by Gasteiger charge is -2.10. The number of benzene rings is 1. The molecule has 6 heteroatoms. The summed E-state index contributed by atoms with van der Waals surface area (Å²) >= 11 is 0. The molecule has 1 aromatic heterocycles. The summed E-state index contributed by atoms with van der Waals surface area (Å²) < 4.78 is 28.5. The van der Waals surface area contributed by atoms with Gasteiger partial charge in [-0.15, -0.1) is 5.10 Å². The second-order valence-corrected chi connectivity index (χ2v) is 4.37. The third-order valence-corrected chi connectivity index (χ3v) is 2.72. The van der Waals surface area contributed by atoms with Crippen LogP contribution in [0, 0.1) is 11.6 Å². The van der Waals surface area contributed by atoms with Crippen molar-refractivity contribution in [1.29, 1.82) is 0 Å². The summed E-state index contributed by atoms with van der Waals surface area (Å²) in [6, 6.07) is 3.76. The van der Waals surface area contributed by atoms with Crippen LogP contribution in [0.15, 0.2) is 18.2 Å². The first-order valence-electron chi connectivity index (χ1n) is 5.62. The van der Waals surface area contributed by atoms with Crippen LogP contribution >= 0.6 is 0 Å². The van der Waals surface area contributed by atoms with Gasteiger partial charge in [-0.2, -0.15) is 0 Å². The van der Waals surface area contributed by atoms with Gasteiger partial charge in [0.2, 0.25) is 0 Å². The second kappa shape index (κ2) is 4.72. The summed E-state index contributed by atoms with van der Waals surface area (Å²) in [5.74, 6) is -0.825. The first kappa shape index (κ1) is 12.5. The molecule has 2 rings (SSSR count). The van der Waals surface area contributed by atoms with Crippen molar-refractivity contribution < 1.29 is 8.78 Å². The fourth-order valence-electron chi connectivity index (χ4n) is 1.88. The molecule has 0 fully saturated rings. The number of hydrogen-bond donors (Lipinski definition) is 1. The smallest absolute Gasteiger partial charge is 0.169 e. The van der Waals surface area contributed by atoms with Gasteiger partial charge in [0.05, 0.1) is 12.2 Å². The normalized spacial score (nSPS) is 11.2. The number of aromatic nitrogens is 3. The van der Waals surface area contributed by atoms with Gasteiger partial charge >= 0.3 is 0 Å². The number of hydrogen-bond acceptors (Lipinski definition) is 3. The minimum absolute atomic E-state index is 0.0176. The predicted molar refractivity (Wildman–Crippen MR) is 64.0 cm³/mol. The van der Waals surface area contributed by atoms with Crippen LogP contribution in [0.1, 0.15) is 31.0 Å². The first-order chi connectivity index (χ1) is 8.50. The Morgan fingerprint density at radius 2 is 1.89 bits per heavy atom. The number of nitrogen functional groups attached to an aromatic ring is 1. The molecular weight excluding hydrogens is 238 g/mol. The van der Waals surface area contributed by atoms with Gasteiger partial charge < -0.3 is 5.73 Å². The van der Waals surface area contributed by atoms with Gasteiger partial charge in [-0.1, -0.05) is 25.1 Å². The third kappa shape index (κ3) is 2.18.